The lowest BCUT2D eigenvalue weighted by atomic mass is 9.94. The van der Waals surface area contributed by atoms with E-state index in [1.165, 1.54) is 41.8 Å². The third kappa shape index (κ3) is 5.96. The molecule has 3 atom stereocenters. The number of aromatic amines is 1. The first kappa shape index (κ1) is 30.3. The topological polar surface area (TPSA) is 91.3 Å². The van der Waals surface area contributed by atoms with Crippen molar-refractivity contribution in [2.75, 3.05) is 20.1 Å². The molecule has 9 nitrogen and oxygen atoms in total. The van der Waals surface area contributed by atoms with Gasteiger partial charge in [0.05, 0.1) is 29.3 Å². The molecular formula is C37H45N7O2. The van der Waals surface area contributed by atoms with E-state index >= 15 is 0 Å². The molecule has 5 heterocycles. The van der Waals surface area contributed by atoms with Crippen molar-refractivity contribution in [2.24, 2.45) is 7.05 Å². The maximum atomic E-state index is 12.8. The molecule has 2 aromatic heterocycles. The molecule has 0 spiro atoms. The second-order valence-electron chi connectivity index (χ2n) is 14.0. The van der Waals surface area contributed by atoms with Gasteiger partial charge < -0.3 is 19.9 Å². The van der Waals surface area contributed by atoms with Gasteiger partial charge in [0.2, 0.25) is 0 Å². The van der Waals surface area contributed by atoms with Gasteiger partial charge in [-0.15, -0.1) is 0 Å². The fourth-order valence-electron chi connectivity index (χ4n) is 7.38. The van der Waals surface area contributed by atoms with E-state index in [-0.39, 0.29) is 12.1 Å². The largest absolute Gasteiger partial charge is 0.444 e. The number of carbonyl (C=O) groups is 1. The zero-order valence-corrected chi connectivity index (χ0v) is 27.6. The predicted octanol–water partition coefficient (Wildman–Crippen LogP) is 6.87. The van der Waals surface area contributed by atoms with Gasteiger partial charge in [0, 0.05) is 31.9 Å². The van der Waals surface area contributed by atoms with Crippen molar-refractivity contribution in [3.63, 3.8) is 0 Å². The summed E-state index contributed by atoms with van der Waals surface area (Å²) in [5.74, 6) is 0.807. The Morgan fingerprint density at radius 3 is 2.20 bits per heavy atom. The number of aryl methyl sites for hydroxylation is 1. The second-order valence-corrected chi connectivity index (χ2v) is 14.0. The smallest absolute Gasteiger partial charge is 0.410 e. The molecule has 4 aromatic rings. The van der Waals surface area contributed by atoms with Crippen LogP contribution in [0.25, 0.3) is 33.7 Å². The molecule has 2 saturated heterocycles. The Hall–Kier alpha value is -4.37. The zero-order valence-electron chi connectivity index (χ0n) is 27.6. The van der Waals surface area contributed by atoms with E-state index in [0.29, 0.717) is 18.6 Å². The molecule has 1 unspecified atom stereocenters. The first-order valence-corrected chi connectivity index (χ1v) is 16.6. The third-order valence-corrected chi connectivity index (χ3v) is 9.73. The summed E-state index contributed by atoms with van der Waals surface area (Å²) in [7, 11) is 4.27. The molecule has 2 aromatic carbocycles. The number of ether oxygens (including phenoxy) is 1. The van der Waals surface area contributed by atoms with Crippen LogP contribution in [0.2, 0.25) is 0 Å². The Labute approximate surface area is 271 Å². The third-order valence-electron chi connectivity index (χ3n) is 9.73. The van der Waals surface area contributed by atoms with E-state index in [1.54, 1.807) is 4.90 Å². The molecule has 1 amide bonds. The summed E-state index contributed by atoms with van der Waals surface area (Å²) >= 11 is 0. The number of aromatic nitrogens is 4. The number of H-pyrrole nitrogens is 1. The zero-order chi connectivity index (χ0) is 32.0. The van der Waals surface area contributed by atoms with Crippen LogP contribution in [0.3, 0.4) is 0 Å². The number of likely N-dealkylation sites (tertiary alicyclic amines) is 2. The van der Waals surface area contributed by atoms with Crippen LogP contribution in [0.15, 0.2) is 67.0 Å². The molecular weight excluding hydrogens is 574 g/mol. The van der Waals surface area contributed by atoms with Gasteiger partial charge in [0.15, 0.2) is 0 Å². The lowest BCUT2D eigenvalue weighted by Gasteiger charge is -2.27. The van der Waals surface area contributed by atoms with Gasteiger partial charge in [-0.1, -0.05) is 48.5 Å². The molecule has 0 saturated carbocycles. The average Bonchev–Trinajstić information content (AvgIpc) is 3.86. The summed E-state index contributed by atoms with van der Waals surface area (Å²) < 4.78 is 7.61. The molecule has 2 fully saturated rings. The Balaban J connectivity index is 1.07. The summed E-state index contributed by atoms with van der Waals surface area (Å²) in [6, 6.07) is 20.5. The maximum absolute atomic E-state index is 12.8. The highest BCUT2D eigenvalue weighted by Crippen LogP contribution is 2.38. The molecule has 7 rings (SSSR count). The predicted molar refractivity (Wildman–Crippen MR) is 182 cm³/mol. The van der Waals surface area contributed by atoms with Crippen LogP contribution < -0.4 is 5.32 Å². The number of likely N-dealkylation sites (N-methyl/N-ethyl adjacent to an activating group) is 1. The average molecular weight is 620 g/mol. The van der Waals surface area contributed by atoms with Crippen LogP contribution in [-0.2, 0) is 11.8 Å². The van der Waals surface area contributed by atoms with Crippen LogP contribution in [0, 0.1) is 0 Å². The fourth-order valence-corrected chi connectivity index (χ4v) is 7.38. The van der Waals surface area contributed by atoms with Gasteiger partial charge in [0.25, 0.3) is 0 Å². The van der Waals surface area contributed by atoms with Gasteiger partial charge in [-0.3, -0.25) is 9.58 Å². The number of benzene rings is 2. The molecule has 9 heteroatoms. The van der Waals surface area contributed by atoms with E-state index in [4.69, 9.17) is 4.74 Å². The minimum atomic E-state index is -0.524. The summed E-state index contributed by atoms with van der Waals surface area (Å²) in [4.78, 5) is 25.3. The van der Waals surface area contributed by atoms with E-state index in [1.807, 2.05) is 44.9 Å². The Bertz CT molecular complexity index is 1730. The molecule has 0 aliphatic carbocycles. The van der Waals surface area contributed by atoms with Crippen molar-refractivity contribution in [2.45, 2.75) is 76.6 Å². The molecule has 3 aliphatic rings. The highest BCUT2D eigenvalue weighted by atomic mass is 16.6. The van der Waals surface area contributed by atoms with Crippen LogP contribution in [0.1, 0.15) is 76.0 Å². The van der Waals surface area contributed by atoms with Gasteiger partial charge in [0.1, 0.15) is 11.4 Å². The number of amides is 1. The second kappa shape index (κ2) is 12.1. The lowest BCUT2D eigenvalue weighted by molar-refractivity contribution is 0.0218. The molecule has 3 aliphatic heterocycles. The number of imidazole rings is 1. The van der Waals surface area contributed by atoms with Crippen molar-refractivity contribution in [1.29, 1.82) is 0 Å². The van der Waals surface area contributed by atoms with Gasteiger partial charge >= 0.3 is 6.09 Å². The summed E-state index contributed by atoms with van der Waals surface area (Å²) in [6.07, 6.45) is 8.77. The summed E-state index contributed by atoms with van der Waals surface area (Å²) in [5.41, 5.74) is 8.77. The Morgan fingerprint density at radius 1 is 0.891 bits per heavy atom. The van der Waals surface area contributed by atoms with Crippen molar-refractivity contribution >= 4 is 17.4 Å². The number of nitrogens with one attached hydrogen (secondary N) is 2. The number of hydrogen-bond acceptors (Lipinski definition) is 6. The highest BCUT2D eigenvalue weighted by Gasteiger charge is 2.37. The molecule has 240 valence electrons. The monoisotopic (exact) mass is 619 g/mol. The van der Waals surface area contributed by atoms with Gasteiger partial charge in [-0.2, -0.15) is 5.10 Å². The van der Waals surface area contributed by atoms with E-state index in [9.17, 15) is 4.79 Å². The SMILES string of the molecule is CN1CCC[C@H]1C1CC(c2ccc(-c3ccc(-c4cnc([C@@H]5CCCN5C(=O)OC(C)(C)C)[nH]4)cc3)cc2)=C(c2ccnn2C)N1. The number of carbonyl (C=O) groups excluding carboxylic acids is 1. The van der Waals surface area contributed by atoms with E-state index < -0.39 is 5.60 Å². The van der Waals surface area contributed by atoms with Crippen LogP contribution >= 0.6 is 0 Å². The van der Waals surface area contributed by atoms with Crippen LogP contribution in [0.4, 0.5) is 4.79 Å². The molecule has 0 bridgehead atoms. The Kier molecular flexibility index (Phi) is 7.97. The summed E-state index contributed by atoms with van der Waals surface area (Å²) in [6.45, 7) is 7.54. The molecule has 46 heavy (non-hydrogen) atoms. The standard InChI is InChI=1S/C37H45N7O2/c1-37(2,3)46-36(45)44-21-7-9-33(44)35-38-23-30(41-35)27-16-12-25(13-17-27)24-10-14-26(15-11-24)28-22-29(31-8-6-20-42(31)4)40-34(28)32-18-19-39-43(32)5/h10-19,23,29,31,33,40H,6-9,20-22H2,1-5H3,(H,38,41)/t29?,31-,33-/m0/s1. The van der Waals surface area contributed by atoms with Crippen LogP contribution in [0.5, 0.6) is 0 Å². The van der Waals surface area contributed by atoms with Crippen molar-refractivity contribution < 1.29 is 9.53 Å². The molecule has 0 radical (unpaired) electrons. The normalized spacial score (nSPS) is 22.1. The summed E-state index contributed by atoms with van der Waals surface area (Å²) in [5, 5.41) is 8.36. The molecule has 2 N–H and O–H groups in total. The highest BCUT2D eigenvalue weighted by molar-refractivity contribution is 5.92. The first-order chi connectivity index (χ1) is 22.1. The number of rotatable bonds is 6. The maximum Gasteiger partial charge on any atom is 0.410 e. The van der Waals surface area contributed by atoms with E-state index in [0.717, 1.165) is 47.6 Å². The van der Waals surface area contributed by atoms with Crippen molar-refractivity contribution in [3.05, 3.63) is 84.1 Å². The first-order valence-electron chi connectivity index (χ1n) is 16.6. The number of nitrogens with zero attached hydrogens (tertiary/aromatic N) is 5. The fraction of sp³-hybridized carbons (Fsp3) is 0.432. The van der Waals surface area contributed by atoms with E-state index in [2.05, 4.69) is 86.9 Å². The minimum Gasteiger partial charge on any atom is -0.444 e. The van der Waals surface area contributed by atoms with Gasteiger partial charge in [-0.25, -0.2) is 9.78 Å². The van der Waals surface area contributed by atoms with Gasteiger partial charge in [-0.05, 0) is 100 Å². The lowest BCUT2D eigenvalue weighted by Crippen LogP contribution is -2.42. The quantitative estimate of drug-likeness (QED) is 0.245. The number of hydrogen-bond donors (Lipinski definition) is 2. The van der Waals surface area contributed by atoms with Crippen LogP contribution in [-0.4, -0.2) is 73.5 Å². The Morgan fingerprint density at radius 2 is 1.57 bits per heavy atom. The van der Waals surface area contributed by atoms with Crippen molar-refractivity contribution in [3.8, 4) is 22.4 Å². The minimum absolute atomic E-state index is 0.0978. The van der Waals surface area contributed by atoms with Crippen molar-refractivity contribution in [1.82, 2.24) is 34.9 Å².